The van der Waals surface area contributed by atoms with E-state index >= 15 is 0 Å². The summed E-state index contributed by atoms with van der Waals surface area (Å²) in [6.45, 7) is 0. The molecule has 2 aromatic rings. The van der Waals surface area contributed by atoms with Crippen LogP contribution in [0.4, 0.5) is 13.2 Å². The number of hydrogen-bond acceptors (Lipinski definition) is 2. The Hall–Kier alpha value is -2.11. The molecule has 1 aromatic heterocycles. The number of alkyl halides is 3. The Morgan fingerprint density at radius 2 is 1.94 bits per heavy atom. The van der Waals surface area contributed by atoms with Crippen molar-refractivity contribution in [1.29, 1.82) is 0 Å². The maximum Gasteiger partial charge on any atom is 0.433 e. The molecular weight excluding hydrogens is 235 g/mol. The van der Waals surface area contributed by atoms with Crippen molar-refractivity contribution in [3.63, 3.8) is 0 Å². The van der Waals surface area contributed by atoms with Crippen LogP contribution in [-0.2, 0) is 6.18 Å². The lowest BCUT2D eigenvalue weighted by Crippen LogP contribution is -2.09. The van der Waals surface area contributed by atoms with Crippen LogP contribution in [0.25, 0.3) is 10.8 Å². The number of carboxylic acid groups (broad SMARTS) is 1. The van der Waals surface area contributed by atoms with Crippen molar-refractivity contribution >= 4 is 16.7 Å². The number of nitrogens with zero attached hydrogens (tertiary/aromatic N) is 1. The predicted molar refractivity (Wildman–Crippen MR) is 53.7 cm³/mol. The monoisotopic (exact) mass is 241 g/mol. The minimum atomic E-state index is -4.60. The summed E-state index contributed by atoms with van der Waals surface area (Å²) in [7, 11) is 0. The number of hydrogen-bond donors (Lipinski definition) is 1. The molecule has 0 aliphatic heterocycles. The SMILES string of the molecule is O=C(O)c1ccc2ccnc(C(F)(F)F)c2c1. The van der Waals surface area contributed by atoms with Gasteiger partial charge in [0, 0.05) is 11.6 Å². The molecule has 0 radical (unpaired) electrons. The van der Waals surface area contributed by atoms with Gasteiger partial charge in [-0.25, -0.2) is 4.79 Å². The molecule has 0 saturated carbocycles. The van der Waals surface area contributed by atoms with Crippen molar-refractivity contribution < 1.29 is 23.1 Å². The van der Waals surface area contributed by atoms with Crippen molar-refractivity contribution in [2.75, 3.05) is 0 Å². The fraction of sp³-hybridized carbons (Fsp3) is 0.0909. The summed E-state index contributed by atoms with van der Waals surface area (Å²) in [6.07, 6.45) is -3.55. The Balaban J connectivity index is 2.77. The first-order valence-corrected chi connectivity index (χ1v) is 4.59. The largest absolute Gasteiger partial charge is 0.478 e. The minimum absolute atomic E-state index is 0.198. The number of aromatic carboxylic acids is 1. The van der Waals surface area contributed by atoms with Crippen LogP contribution in [0.15, 0.2) is 30.5 Å². The molecule has 88 valence electrons. The number of fused-ring (bicyclic) bond motifs is 1. The third kappa shape index (κ3) is 2.06. The van der Waals surface area contributed by atoms with Gasteiger partial charge in [-0.1, -0.05) is 6.07 Å². The molecule has 0 bridgehead atoms. The molecular formula is C11H6F3NO2. The van der Waals surface area contributed by atoms with Gasteiger partial charge in [0.05, 0.1) is 5.56 Å². The molecule has 2 rings (SSSR count). The topological polar surface area (TPSA) is 50.2 Å². The van der Waals surface area contributed by atoms with E-state index in [1.165, 1.54) is 18.2 Å². The first-order chi connectivity index (χ1) is 7.89. The molecule has 6 heteroatoms. The fourth-order valence-electron chi connectivity index (χ4n) is 1.53. The van der Waals surface area contributed by atoms with Crippen LogP contribution >= 0.6 is 0 Å². The Kier molecular flexibility index (Phi) is 2.49. The van der Waals surface area contributed by atoms with Gasteiger partial charge in [-0.2, -0.15) is 13.2 Å². The van der Waals surface area contributed by atoms with E-state index in [2.05, 4.69) is 4.98 Å². The van der Waals surface area contributed by atoms with E-state index in [1.807, 2.05) is 0 Å². The number of carbonyl (C=O) groups is 1. The normalized spacial score (nSPS) is 11.7. The highest BCUT2D eigenvalue weighted by Gasteiger charge is 2.34. The molecule has 17 heavy (non-hydrogen) atoms. The molecule has 0 aliphatic carbocycles. The van der Waals surface area contributed by atoms with Gasteiger partial charge in [-0.15, -0.1) is 0 Å². The van der Waals surface area contributed by atoms with Crippen molar-refractivity contribution in [3.8, 4) is 0 Å². The van der Waals surface area contributed by atoms with Gasteiger partial charge in [0.1, 0.15) is 0 Å². The third-order valence-electron chi connectivity index (χ3n) is 2.28. The van der Waals surface area contributed by atoms with Crippen LogP contribution in [0.1, 0.15) is 16.1 Å². The summed E-state index contributed by atoms with van der Waals surface area (Å²) < 4.78 is 37.9. The van der Waals surface area contributed by atoms with E-state index in [0.717, 1.165) is 12.3 Å². The summed E-state index contributed by atoms with van der Waals surface area (Å²) in [5.74, 6) is -1.27. The molecule has 0 fully saturated rings. The van der Waals surface area contributed by atoms with Crippen LogP contribution in [-0.4, -0.2) is 16.1 Å². The van der Waals surface area contributed by atoms with Gasteiger partial charge < -0.3 is 5.11 Å². The molecule has 0 atom stereocenters. The summed E-state index contributed by atoms with van der Waals surface area (Å²) in [5.41, 5.74) is -1.27. The molecule has 1 heterocycles. The van der Waals surface area contributed by atoms with Crippen molar-refractivity contribution in [2.45, 2.75) is 6.18 Å². The molecule has 0 aliphatic rings. The molecule has 0 spiro atoms. The first kappa shape index (κ1) is 11.4. The number of halogens is 3. The highest BCUT2D eigenvalue weighted by atomic mass is 19.4. The number of aromatic nitrogens is 1. The summed E-state index contributed by atoms with van der Waals surface area (Å²) in [6, 6.07) is 4.96. The van der Waals surface area contributed by atoms with E-state index < -0.39 is 17.8 Å². The standard InChI is InChI=1S/C11H6F3NO2/c12-11(13,14)9-8-5-7(10(16)17)2-1-6(8)3-4-15-9/h1-5H,(H,16,17). The average molecular weight is 241 g/mol. The zero-order valence-electron chi connectivity index (χ0n) is 8.32. The second kappa shape index (κ2) is 3.73. The van der Waals surface area contributed by atoms with E-state index in [-0.39, 0.29) is 10.9 Å². The van der Waals surface area contributed by atoms with Crippen molar-refractivity contribution in [2.24, 2.45) is 0 Å². The summed E-state index contributed by atoms with van der Waals surface area (Å²) >= 11 is 0. The van der Waals surface area contributed by atoms with Crippen LogP contribution in [0.5, 0.6) is 0 Å². The van der Waals surface area contributed by atoms with Gasteiger partial charge >= 0.3 is 12.1 Å². The molecule has 3 nitrogen and oxygen atoms in total. The quantitative estimate of drug-likeness (QED) is 0.835. The molecule has 1 N–H and O–H groups in total. The second-order valence-corrected chi connectivity index (χ2v) is 3.40. The molecule has 0 unspecified atom stereocenters. The zero-order valence-corrected chi connectivity index (χ0v) is 8.32. The third-order valence-corrected chi connectivity index (χ3v) is 2.28. The van der Waals surface area contributed by atoms with E-state index in [9.17, 15) is 18.0 Å². The Morgan fingerprint density at radius 1 is 1.24 bits per heavy atom. The summed E-state index contributed by atoms with van der Waals surface area (Å²) in [4.78, 5) is 14.0. The van der Waals surface area contributed by atoms with Crippen molar-refractivity contribution in [3.05, 3.63) is 41.7 Å². The van der Waals surface area contributed by atoms with Crippen LogP contribution in [0.3, 0.4) is 0 Å². The van der Waals surface area contributed by atoms with Gasteiger partial charge in [0.15, 0.2) is 5.69 Å². The Bertz CT molecular complexity index is 593. The van der Waals surface area contributed by atoms with E-state index in [4.69, 9.17) is 5.11 Å². The van der Waals surface area contributed by atoms with Crippen LogP contribution < -0.4 is 0 Å². The Labute approximate surface area is 93.5 Å². The van der Waals surface area contributed by atoms with Crippen molar-refractivity contribution in [1.82, 2.24) is 4.98 Å². The lowest BCUT2D eigenvalue weighted by Gasteiger charge is -2.09. The predicted octanol–water partition coefficient (Wildman–Crippen LogP) is 2.95. The van der Waals surface area contributed by atoms with Gasteiger partial charge in [-0.3, -0.25) is 4.98 Å². The zero-order chi connectivity index (χ0) is 12.6. The molecule has 0 saturated heterocycles. The van der Waals surface area contributed by atoms with E-state index in [0.29, 0.717) is 5.39 Å². The van der Waals surface area contributed by atoms with E-state index in [1.54, 1.807) is 0 Å². The highest BCUT2D eigenvalue weighted by Crippen LogP contribution is 2.33. The maximum absolute atomic E-state index is 12.6. The van der Waals surface area contributed by atoms with Gasteiger partial charge in [-0.05, 0) is 23.6 Å². The van der Waals surface area contributed by atoms with Crippen LogP contribution in [0, 0.1) is 0 Å². The first-order valence-electron chi connectivity index (χ1n) is 4.59. The fourth-order valence-corrected chi connectivity index (χ4v) is 1.53. The molecule has 0 amide bonds. The lowest BCUT2D eigenvalue weighted by molar-refractivity contribution is -0.139. The average Bonchev–Trinajstić information content (AvgIpc) is 2.26. The maximum atomic E-state index is 12.6. The van der Waals surface area contributed by atoms with Crippen LogP contribution in [0.2, 0.25) is 0 Å². The second-order valence-electron chi connectivity index (χ2n) is 3.40. The molecule has 1 aromatic carbocycles. The minimum Gasteiger partial charge on any atom is -0.478 e. The summed E-state index contributed by atoms with van der Waals surface area (Å²) in [5, 5.41) is 8.83. The van der Waals surface area contributed by atoms with Gasteiger partial charge in [0.2, 0.25) is 0 Å². The number of rotatable bonds is 1. The Morgan fingerprint density at radius 3 is 2.53 bits per heavy atom. The number of pyridine rings is 1. The number of carboxylic acids is 1. The number of benzene rings is 1. The highest BCUT2D eigenvalue weighted by molar-refractivity contribution is 5.95. The van der Waals surface area contributed by atoms with Gasteiger partial charge in [0.25, 0.3) is 0 Å². The smallest absolute Gasteiger partial charge is 0.433 e. The lowest BCUT2D eigenvalue weighted by atomic mass is 10.1.